The number of rotatable bonds is 4. The third-order valence-electron chi connectivity index (χ3n) is 1.44. The number of nitrogens with zero attached hydrogens (tertiary/aromatic N) is 2. The van der Waals surface area contributed by atoms with Crippen molar-refractivity contribution in [3.05, 3.63) is 18.2 Å². The summed E-state index contributed by atoms with van der Waals surface area (Å²) in [7, 11) is 0. The first-order chi connectivity index (χ1) is 5.72. The second-order valence-electron chi connectivity index (χ2n) is 2.49. The fourth-order valence-corrected chi connectivity index (χ4v) is 0.943. The van der Waals surface area contributed by atoms with Crippen LogP contribution in [0.5, 0.6) is 0 Å². The first kappa shape index (κ1) is 9.12. The van der Waals surface area contributed by atoms with Crippen LogP contribution in [0.4, 0.5) is 8.78 Å². The zero-order chi connectivity index (χ0) is 8.97. The van der Waals surface area contributed by atoms with Gasteiger partial charge in [-0.25, -0.2) is 13.8 Å². The molecule has 0 saturated carbocycles. The number of nitrogens with two attached hydrogens (primary N) is 1. The van der Waals surface area contributed by atoms with E-state index in [1.54, 1.807) is 6.20 Å². The van der Waals surface area contributed by atoms with Crippen LogP contribution in [0.1, 0.15) is 5.69 Å². The molecule has 0 amide bonds. The summed E-state index contributed by atoms with van der Waals surface area (Å²) in [5, 5.41) is 0. The van der Waals surface area contributed by atoms with E-state index in [1.807, 2.05) is 0 Å². The van der Waals surface area contributed by atoms with E-state index in [1.165, 1.54) is 10.9 Å². The Morgan fingerprint density at radius 1 is 1.58 bits per heavy atom. The molecule has 0 fully saturated rings. The number of hydrogen-bond donors (Lipinski definition) is 1. The van der Waals surface area contributed by atoms with E-state index in [0.717, 1.165) is 5.69 Å². The lowest BCUT2D eigenvalue weighted by molar-refractivity contribution is 0.126. The highest BCUT2D eigenvalue weighted by Crippen LogP contribution is 2.01. The molecule has 2 N–H and O–H groups in total. The zero-order valence-corrected chi connectivity index (χ0v) is 6.58. The molecule has 0 radical (unpaired) electrons. The zero-order valence-electron chi connectivity index (χ0n) is 6.58. The van der Waals surface area contributed by atoms with Crippen molar-refractivity contribution in [2.45, 2.75) is 19.4 Å². The van der Waals surface area contributed by atoms with Gasteiger partial charge < -0.3 is 10.3 Å². The molecular weight excluding hydrogens is 164 g/mol. The molecule has 1 heterocycles. The summed E-state index contributed by atoms with van der Waals surface area (Å²) in [4.78, 5) is 3.91. The van der Waals surface area contributed by atoms with Gasteiger partial charge in [-0.3, -0.25) is 0 Å². The van der Waals surface area contributed by atoms with Crippen molar-refractivity contribution in [1.29, 1.82) is 0 Å². The van der Waals surface area contributed by atoms with E-state index < -0.39 is 6.43 Å². The molecule has 1 aromatic rings. The Kier molecular flexibility index (Phi) is 3.16. The molecule has 0 aromatic carbocycles. The van der Waals surface area contributed by atoms with Gasteiger partial charge in [0.2, 0.25) is 0 Å². The summed E-state index contributed by atoms with van der Waals surface area (Å²) in [6, 6.07) is 0. The number of hydrogen-bond acceptors (Lipinski definition) is 2. The van der Waals surface area contributed by atoms with Crippen LogP contribution in [-0.4, -0.2) is 22.5 Å². The van der Waals surface area contributed by atoms with E-state index >= 15 is 0 Å². The van der Waals surface area contributed by atoms with Crippen molar-refractivity contribution >= 4 is 0 Å². The summed E-state index contributed by atoms with van der Waals surface area (Å²) < 4.78 is 25.1. The minimum absolute atomic E-state index is 0.294. The van der Waals surface area contributed by atoms with E-state index in [4.69, 9.17) is 5.73 Å². The maximum Gasteiger partial charge on any atom is 0.256 e. The average Bonchev–Trinajstić information content (AvgIpc) is 2.36. The number of imidazole rings is 1. The summed E-state index contributed by atoms with van der Waals surface area (Å²) in [6.07, 6.45) is 1.30. The topological polar surface area (TPSA) is 43.8 Å². The molecule has 0 unspecified atom stereocenters. The minimum Gasteiger partial charge on any atom is -0.331 e. The summed E-state index contributed by atoms with van der Waals surface area (Å²) >= 11 is 0. The molecule has 0 atom stereocenters. The average molecular weight is 175 g/mol. The van der Waals surface area contributed by atoms with E-state index in [0.29, 0.717) is 13.0 Å². The van der Waals surface area contributed by atoms with Crippen LogP contribution in [0.3, 0.4) is 0 Å². The van der Waals surface area contributed by atoms with E-state index in [9.17, 15) is 8.78 Å². The van der Waals surface area contributed by atoms with Crippen molar-refractivity contribution in [3.8, 4) is 0 Å². The number of aromatic nitrogens is 2. The van der Waals surface area contributed by atoms with Gasteiger partial charge in [-0.05, 0) is 6.54 Å². The fourth-order valence-electron chi connectivity index (χ4n) is 0.943. The monoisotopic (exact) mass is 175 g/mol. The van der Waals surface area contributed by atoms with Crippen molar-refractivity contribution in [3.63, 3.8) is 0 Å². The molecule has 1 aromatic heterocycles. The molecule has 0 aliphatic carbocycles. The molecule has 0 bridgehead atoms. The Balaban J connectivity index is 2.52. The first-order valence-corrected chi connectivity index (χ1v) is 3.71. The van der Waals surface area contributed by atoms with Crippen LogP contribution in [-0.2, 0) is 13.0 Å². The maximum absolute atomic E-state index is 11.8. The van der Waals surface area contributed by atoms with Crippen LogP contribution in [0.25, 0.3) is 0 Å². The van der Waals surface area contributed by atoms with Gasteiger partial charge in [0.25, 0.3) is 6.43 Å². The second kappa shape index (κ2) is 4.15. The van der Waals surface area contributed by atoms with Gasteiger partial charge in [0.1, 0.15) is 0 Å². The molecule has 3 nitrogen and oxygen atoms in total. The van der Waals surface area contributed by atoms with Gasteiger partial charge in [-0.1, -0.05) is 0 Å². The lowest BCUT2D eigenvalue weighted by Crippen LogP contribution is -2.04. The Bertz CT molecular complexity index is 234. The number of halogens is 2. The van der Waals surface area contributed by atoms with Crippen molar-refractivity contribution in [2.24, 2.45) is 5.73 Å². The van der Waals surface area contributed by atoms with Crippen molar-refractivity contribution < 1.29 is 8.78 Å². The minimum atomic E-state index is -2.33. The standard InChI is InChI=1S/C7H11F2N3/c8-7(9)4-12-3-6(1-2-10)11-5-12/h3,5,7H,1-2,4,10H2. The molecule has 1 rings (SSSR count). The molecule has 0 saturated heterocycles. The van der Waals surface area contributed by atoms with E-state index in [-0.39, 0.29) is 6.54 Å². The van der Waals surface area contributed by atoms with Gasteiger partial charge >= 0.3 is 0 Å². The highest BCUT2D eigenvalue weighted by molar-refractivity contribution is 4.96. The summed E-state index contributed by atoms with van der Waals surface area (Å²) in [6.45, 7) is 0.198. The normalized spacial score (nSPS) is 11.0. The molecule has 0 aliphatic heterocycles. The van der Waals surface area contributed by atoms with Gasteiger partial charge in [0, 0.05) is 12.6 Å². The van der Waals surface area contributed by atoms with E-state index in [2.05, 4.69) is 4.98 Å². The third-order valence-corrected chi connectivity index (χ3v) is 1.44. The van der Waals surface area contributed by atoms with Gasteiger partial charge in [0.15, 0.2) is 0 Å². The highest BCUT2D eigenvalue weighted by atomic mass is 19.3. The van der Waals surface area contributed by atoms with Crippen LogP contribution in [0.15, 0.2) is 12.5 Å². The van der Waals surface area contributed by atoms with Crippen molar-refractivity contribution in [1.82, 2.24) is 9.55 Å². The van der Waals surface area contributed by atoms with Crippen LogP contribution in [0, 0.1) is 0 Å². The molecule has 12 heavy (non-hydrogen) atoms. The third kappa shape index (κ3) is 2.58. The quantitative estimate of drug-likeness (QED) is 0.730. The Morgan fingerprint density at radius 3 is 2.92 bits per heavy atom. The molecule has 5 heteroatoms. The van der Waals surface area contributed by atoms with Gasteiger partial charge in [-0.2, -0.15) is 0 Å². The lowest BCUT2D eigenvalue weighted by atomic mass is 10.3. The Labute approximate surface area is 69.2 Å². The smallest absolute Gasteiger partial charge is 0.256 e. The fraction of sp³-hybridized carbons (Fsp3) is 0.571. The lowest BCUT2D eigenvalue weighted by Gasteiger charge is -1.98. The number of alkyl halides is 2. The van der Waals surface area contributed by atoms with Crippen LogP contribution < -0.4 is 5.73 Å². The molecular formula is C7H11F2N3. The molecule has 0 aliphatic rings. The maximum atomic E-state index is 11.8. The van der Waals surface area contributed by atoms with Gasteiger partial charge in [-0.15, -0.1) is 0 Å². The largest absolute Gasteiger partial charge is 0.331 e. The first-order valence-electron chi connectivity index (χ1n) is 3.71. The summed E-state index contributed by atoms with van der Waals surface area (Å²) in [5.41, 5.74) is 6.04. The predicted molar refractivity (Wildman–Crippen MR) is 41.0 cm³/mol. The van der Waals surface area contributed by atoms with Crippen molar-refractivity contribution in [2.75, 3.05) is 6.54 Å². The van der Waals surface area contributed by atoms with Crippen LogP contribution >= 0.6 is 0 Å². The Hall–Kier alpha value is -0.970. The summed E-state index contributed by atoms with van der Waals surface area (Å²) in [5.74, 6) is 0. The van der Waals surface area contributed by atoms with Crippen LogP contribution in [0.2, 0.25) is 0 Å². The molecule has 68 valence electrons. The van der Waals surface area contributed by atoms with Gasteiger partial charge in [0.05, 0.1) is 18.6 Å². The second-order valence-corrected chi connectivity index (χ2v) is 2.49. The predicted octanol–water partition coefficient (Wildman–Crippen LogP) is 0.649. The Morgan fingerprint density at radius 2 is 2.33 bits per heavy atom. The molecule has 0 spiro atoms. The highest BCUT2D eigenvalue weighted by Gasteiger charge is 2.04. The SMILES string of the molecule is NCCc1cn(CC(F)F)cn1.